The second-order valence-electron chi connectivity index (χ2n) is 7.18. The Morgan fingerprint density at radius 3 is 2.86 bits per heavy atom. The van der Waals surface area contributed by atoms with Crippen LogP contribution in [0.3, 0.4) is 0 Å². The molecule has 0 spiro atoms. The standard InChI is InChI=1S/C21H26N4O3/c1-2-27-20-11-14(3-5-18(20)26)13-25-9-7-16(8-10-25)23-21-24-17-12-15(22)4-6-19(17)28-21/h3-6,11-12,16,26H,2,7-10,13,22H2,1H3,(H,23,24). The second-order valence-corrected chi connectivity index (χ2v) is 7.18. The van der Waals surface area contributed by atoms with E-state index in [0.717, 1.165) is 49.1 Å². The molecule has 0 amide bonds. The van der Waals surface area contributed by atoms with Crippen LogP contribution in [0, 0.1) is 0 Å². The van der Waals surface area contributed by atoms with Gasteiger partial charge in [-0.2, -0.15) is 4.98 Å². The Kier molecular flexibility index (Phi) is 5.25. The summed E-state index contributed by atoms with van der Waals surface area (Å²) in [6, 6.07) is 11.9. The summed E-state index contributed by atoms with van der Waals surface area (Å²) in [6.45, 7) is 5.26. The molecule has 7 heteroatoms. The van der Waals surface area contributed by atoms with Gasteiger partial charge in [-0.1, -0.05) is 6.07 Å². The van der Waals surface area contributed by atoms with Crippen LogP contribution in [-0.2, 0) is 6.54 Å². The van der Waals surface area contributed by atoms with Crippen LogP contribution >= 0.6 is 0 Å². The minimum atomic E-state index is 0.189. The van der Waals surface area contributed by atoms with Gasteiger partial charge in [0, 0.05) is 31.4 Å². The van der Waals surface area contributed by atoms with Crippen molar-refractivity contribution in [2.45, 2.75) is 32.4 Å². The molecule has 148 valence electrons. The van der Waals surface area contributed by atoms with E-state index in [1.807, 2.05) is 37.3 Å². The van der Waals surface area contributed by atoms with E-state index in [2.05, 4.69) is 15.2 Å². The van der Waals surface area contributed by atoms with E-state index in [9.17, 15) is 5.11 Å². The van der Waals surface area contributed by atoms with Crippen molar-refractivity contribution in [3.05, 3.63) is 42.0 Å². The number of likely N-dealkylation sites (tertiary alicyclic amines) is 1. The predicted octanol–water partition coefficient (Wildman–Crippen LogP) is 3.59. The highest BCUT2D eigenvalue weighted by atomic mass is 16.5. The van der Waals surface area contributed by atoms with Crippen molar-refractivity contribution >= 4 is 22.8 Å². The molecule has 0 unspecified atom stereocenters. The minimum absolute atomic E-state index is 0.189. The molecule has 0 atom stereocenters. The first-order valence-electron chi connectivity index (χ1n) is 9.70. The molecule has 1 aromatic heterocycles. The van der Waals surface area contributed by atoms with Crippen LogP contribution in [-0.4, -0.2) is 40.7 Å². The van der Waals surface area contributed by atoms with Crippen molar-refractivity contribution in [2.24, 2.45) is 0 Å². The number of phenolic OH excluding ortho intramolecular Hbond substituents is 1. The number of fused-ring (bicyclic) bond motifs is 1. The van der Waals surface area contributed by atoms with Gasteiger partial charge in [-0.15, -0.1) is 0 Å². The van der Waals surface area contributed by atoms with E-state index < -0.39 is 0 Å². The largest absolute Gasteiger partial charge is 0.504 e. The topological polar surface area (TPSA) is 96.8 Å². The predicted molar refractivity (Wildman–Crippen MR) is 110 cm³/mol. The highest BCUT2D eigenvalue weighted by Gasteiger charge is 2.21. The zero-order chi connectivity index (χ0) is 19.5. The first-order chi connectivity index (χ1) is 13.6. The minimum Gasteiger partial charge on any atom is -0.504 e. The number of nitrogens with two attached hydrogens (primary N) is 1. The first-order valence-corrected chi connectivity index (χ1v) is 9.70. The van der Waals surface area contributed by atoms with E-state index in [1.54, 1.807) is 6.07 Å². The first kappa shape index (κ1) is 18.4. The molecule has 1 aliphatic rings. The summed E-state index contributed by atoms with van der Waals surface area (Å²) >= 11 is 0. The van der Waals surface area contributed by atoms with Crippen LogP contribution in [0.5, 0.6) is 11.5 Å². The third-order valence-electron chi connectivity index (χ3n) is 5.06. The number of aromatic nitrogens is 1. The maximum atomic E-state index is 9.85. The summed E-state index contributed by atoms with van der Waals surface area (Å²) in [4.78, 5) is 6.89. The average molecular weight is 382 g/mol. The number of hydrogen-bond acceptors (Lipinski definition) is 7. The normalized spacial score (nSPS) is 15.8. The summed E-state index contributed by atoms with van der Waals surface area (Å²) in [5.74, 6) is 0.738. The molecule has 28 heavy (non-hydrogen) atoms. The van der Waals surface area contributed by atoms with Crippen molar-refractivity contribution in [3.8, 4) is 11.5 Å². The van der Waals surface area contributed by atoms with Gasteiger partial charge >= 0.3 is 0 Å². The number of hydrogen-bond donors (Lipinski definition) is 3. The Hall–Kier alpha value is -2.93. The van der Waals surface area contributed by atoms with Gasteiger partial charge in [0.2, 0.25) is 0 Å². The Morgan fingerprint density at radius 2 is 2.07 bits per heavy atom. The summed E-state index contributed by atoms with van der Waals surface area (Å²) in [5.41, 5.74) is 9.14. The molecule has 3 aromatic rings. The Bertz CT molecular complexity index is 948. The highest BCUT2D eigenvalue weighted by molar-refractivity contribution is 5.78. The quantitative estimate of drug-likeness (QED) is 0.561. The maximum absolute atomic E-state index is 9.85. The van der Waals surface area contributed by atoms with E-state index in [1.165, 1.54) is 0 Å². The zero-order valence-corrected chi connectivity index (χ0v) is 16.0. The zero-order valence-electron chi connectivity index (χ0n) is 16.0. The van der Waals surface area contributed by atoms with Crippen molar-refractivity contribution < 1.29 is 14.3 Å². The Labute approximate surface area is 164 Å². The number of anilines is 2. The van der Waals surface area contributed by atoms with Crippen LogP contribution in [0.4, 0.5) is 11.7 Å². The van der Waals surface area contributed by atoms with Crippen molar-refractivity contribution in [3.63, 3.8) is 0 Å². The van der Waals surface area contributed by atoms with Gasteiger partial charge in [0.1, 0.15) is 5.52 Å². The Morgan fingerprint density at radius 1 is 1.25 bits per heavy atom. The van der Waals surface area contributed by atoms with Crippen LogP contribution in [0.15, 0.2) is 40.8 Å². The molecular formula is C21H26N4O3. The van der Waals surface area contributed by atoms with Gasteiger partial charge in [0.05, 0.1) is 6.61 Å². The SMILES string of the molecule is CCOc1cc(CN2CCC(Nc3nc4cc(N)ccc4o3)CC2)ccc1O. The number of rotatable bonds is 6. The van der Waals surface area contributed by atoms with E-state index in [0.29, 0.717) is 30.1 Å². The third-order valence-corrected chi connectivity index (χ3v) is 5.06. The highest BCUT2D eigenvalue weighted by Crippen LogP contribution is 2.28. The number of aromatic hydroxyl groups is 1. The van der Waals surface area contributed by atoms with E-state index >= 15 is 0 Å². The molecule has 2 heterocycles. The molecule has 4 rings (SSSR count). The van der Waals surface area contributed by atoms with E-state index in [-0.39, 0.29) is 5.75 Å². The van der Waals surface area contributed by atoms with Gasteiger partial charge in [0.15, 0.2) is 17.1 Å². The van der Waals surface area contributed by atoms with Crippen LogP contribution in [0.2, 0.25) is 0 Å². The molecule has 1 aliphatic heterocycles. The fraction of sp³-hybridized carbons (Fsp3) is 0.381. The lowest BCUT2D eigenvalue weighted by atomic mass is 10.0. The number of nitrogens with one attached hydrogen (secondary N) is 1. The second kappa shape index (κ2) is 7.98. The van der Waals surface area contributed by atoms with Gasteiger partial charge in [-0.05, 0) is 55.7 Å². The number of oxazole rings is 1. The maximum Gasteiger partial charge on any atom is 0.295 e. The van der Waals surface area contributed by atoms with Crippen molar-refractivity contribution in [1.29, 1.82) is 0 Å². The van der Waals surface area contributed by atoms with Gasteiger partial charge < -0.3 is 25.3 Å². The molecule has 0 bridgehead atoms. The molecule has 0 saturated carbocycles. The third kappa shape index (κ3) is 4.14. The molecular weight excluding hydrogens is 356 g/mol. The lowest BCUT2D eigenvalue weighted by Gasteiger charge is -2.32. The molecule has 7 nitrogen and oxygen atoms in total. The number of benzene rings is 2. The summed E-state index contributed by atoms with van der Waals surface area (Å²) < 4.78 is 11.2. The summed E-state index contributed by atoms with van der Waals surface area (Å²) in [5, 5.41) is 13.3. The van der Waals surface area contributed by atoms with Gasteiger partial charge in [-0.3, -0.25) is 4.90 Å². The number of phenols is 1. The molecule has 4 N–H and O–H groups in total. The number of nitrogen functional groups attached to an aromatic ring is 1. The lowest BCUT2D eigenvalue weighted by Crippen LogP contribution is -2.38. The van der Waals surface area contributed by atoms with Crippen molar-refractivity contribution in [1.82, 2.24) is 9.88 Å². The molecule has 2 aromatic carbocycles. The van der Waals surface area contributed by atoms with Gasteiger partial charge in [0.25, 0.3) is 6.01 Å². The number of ether oxygens (including phenoxy) is 1. The average Bonchev–Trinajstić information content (AvgIpc) is 3.07. The summed E-state index contributed by atoms with van der Waals surface area (Å²) in [6.07, 6.45) is 2.02. The van der Waals surface area contributed by atoms with Crippen LogP contribution in [0.25, 0.3) is 11.1 Å². The summed E-state index contributed by atoms with van der Waals surface area (Å²) in [7, 11) is 0. The fourth-order valence-corrected chi connectivity index (χ4v) is 3.60. The van der Waals surface area contributed by atoms with Gasteiger partial charge in [-0.25, -0.2) is 0 Å². The molecule has 0 radical (unpaired) electrons. The lowest BCUT2D eigenvalue weighted by molar-refractivity contribution is 0.210. The number of piperidine rings is 1. The van der Waals surface area contributed by atoms with E-state index in [4.69, 9.17) is 14.9 Å². The van der Waals surface area contributed by atoms with Crippen LogP contribution < -0.4 is 15.8 Å². The monoisotopic (exact) mass is 382 g/mol. The number of nitrogens with zero attached hydrogens (tertiary/aromatic N) is 2. The van der Waals surface area contributed by atoms with Crippen molar-refractivity contribution in [2.75, 3.05) is 30.7 Å². The van der Waals surface area contributed by atoms with Crippen LogP contribution in [0.1, 0.15) is 25.3 Å². The smallest absolute Gasteiger partial charge is 0.295 e. The molecule has 1 fully saturated rings. The molecule has 1 saturated heterocycles. The fourth-order valence-electron chi connectivity index (χ4n) is 3.60. The molecule has 0 aliphatic carbocycles. The Balaban J connectivity index is 1.32.